The van der Waals surface area contributed by atoms with Crippen LogP contribution < -0.4 is 0 Å². The van der Waals surface area contributed by atoms with E-state index >= 15 is 0 Å². The molecule has 0 N–H and O–H groups in total. The molecule has 0 saturated heterocycles. The molecule has 8 heteroatoms. The molecule has 4 aromatic rings. The van der Waals surface area contributed by atoms with Crippen molar-refractivity contribution in [2.24, 2.45) is 0 Å². The second-order valence-electron chi connectivity index (χ2n) is 6.78. The van der Waals surface area contributed by atoms with Gasteiger partial charge in [0, 0.05) is 17.7 Å². The number of nitrogens with zero attached hydrogens (tertiary/aromatic N) is 6. The van der Waals surface area contributed by atoms with Crippen LogP contribution in [0.4, 0.5) is 10.2 Å². The molecule has 1 aromatic carbocycles. The van der Waals surface area contributed by atoms with E-state index in [4.69, 9.17) is 18.2 Å². The van der Waals surface area contributed by atoms with E-state index in [1.165, 1.54) is 23.2 Å². The second-order valence-corrected chi connectivity index (χ2v) is 7.19. The van der Waals surface area contributed by atoms with Crippen molar-refractivity contribution in [2.45, 2.75) is 25.3 Å². The van der Waals surface area contributed by atoms with E-state index in [9.17, 15) is 4.39 Å². The van der Waals surface area contributed by atoms with Gasteiger partial charge in [0.15, 0.2) is 0 Å². The minimum Gasteiger partial charge on any atom is -0.360 e. The molecule has 1 saturated carbocycles. The molecule has 1 aliphatic rings. The molecule has 0 spiro atoms. The molecule has 0 aliphatic heterocycles. The van der Waals surface area contributed by atoms with Gasteiger partial charge in [-0.25, -0.2) is 14.4 Å². The summed E-state index contributed by atoms with van der Waals surface area (Å²) in [6.45, 7) is 7.31. The van der Waals surface area contributed by atoms with Crippen molar-refractivity contribution in [2.75, 3.05) is 0 Å². The van der Waals surface area contributed by atoms with E-state index in [1.54, 1.807) is 18.5 Å². The summed E-state index contributed by atoms with van der Waals surface area (Å²) in [5.74, 6) is -0.122. The SMILES string of the molecule is [C-]#[N+]c1cnc2ccc(-c3c(-c4ccc(F)c(Cl)c4)ncn3C3CCC3)nn12. The number of halogens is 2. The fourth-order valence-electron chi connectivity index (χ4n) is 3.47. The molecule has 1 fully saturated rings. The van der Waals surface area contributed by atoms with Crippen molar-refractivity contribution in [1.82, 2.24) is 24.1 Å². The van der Waals surface area contributed by atoms with E-state index in [-0.39, 0.29) is 5.02 Å². The van der Waals surface area contributed by atoms with Crippen LogP contribution in [0.1, 0.15) is 25.3 Å². The minimum absolute atomic E-state index is 0.0509. The zero-order valence-corrected chi connectivity index (χ0v) is 15.4. The van der Waals surface area contributed by atoms with Crippen molar-refractivity contribution in [3.8, 4) is 22.6 Å². The van der Waals surface area contributed by atoms with Gasteiger partial charge in [0.25, 0.3) is 5.82 Å². The van der Waals surface area contributed by atoms with Gasteiger partial charge in [-0.2, -0.15) is 0 Å². The van der Waals surface area contributed by atoms with Crippen LogP contribution in [-0.4, -0.2) is 24.1 Å². The Morgan fingerprint density at radius 2 is 2.04 bits per heavy atom. The van der Waals surface area contributed by atoms with Gasteiger partial charge in [0.1, 0.15) is 11.5 Å². The summed E-state index contributed by atoms with van der Waals surface area (Å²) in [4.78, 5) is 12.3. The van der Waals surface area contributed by atoms with Gasteiger partial charge >= 0.3 is 0 Å². The highest BCUT2D eigenvalue weighted by molar-refractivity contribution is 6.31. The maximum atomic E-state index is 13.6. The van der Waals surface area contributed by atoms with E-state index in [0.29, 0.717) is 28.9 Å². The lowest BCUT2D eigenvalue weighted by Crippen LogP contribution is -2.17. The van der Waals surface area contributed by atoms with Crippen LogP contribution >= 0.6 is 11.6 Å². The number of fused-ring (bicyclic) bond motifs is 1. The average molecular weight is 393 g/mol. The van der Waals surface area contributed by atoms with Crippen LogP contribution in [0.25, 0.3) is 33.1 Å². The van der Waals surface area contributed by atoms with E-state index < -0.39 is 5.82 Å². The fraction of sp³-hybridized carbons (Fsp3) is 0.200. The summed E-state index contributed by atoms with van der Waals surface area (Å²) in [6.07, 6.45) is 6.64. The number of rotatable bonds is 3. The van der Waals surface area contributed by atoms with E-state index in [2.05, 4.69) is 24.5 Å². The average Bonchev–Trinajstić information content (AvgIpc) is 3.26. The zero-order chi connectivity index (χ0) is 19.3. The third-order valence-corrected chi connectivity index (χ3v) is 5.45. The lowest BCUT2D eigenvalue weighted by molar-refractivity contribution is 0.315. The summed E-state index contributed by atoms with van der Waals surface area (Å²) in [7, 11) is 0. The predicted octanol–water partition coefficient (Wildman–Crippen LogP) is 5.33. The van der Waals surface area contributed by atoms with Crippen LogP contribution in [0.3, 0.4) is 0 Å². The molecule has 5 rings (SSSR count). The molecule has 0 atom stereocenters. The molecule has 3 heterocycles. The quantitative estimate of drug-likeness (QED) is 0.443. The first-order chi connectivity index (χ1) is 13.7. The van der Waals surface area contributed by atoms with E-state index in [1.807, 2.05) is 12.1 Å². The highest BCUT2D eigenvalue weighted by atomic mass is 35.5. The van der Waals surface area contributed by atoms with Crippen LogP contribution in [-0.2, 0) is 0 Å². The number of hydrogen-bond acceptors (Lipinski definition) is 3. The monoisotopic (exact) mass is 392 g/mol. The highest BCUT2D eigenvalue weighted by Gasteiger charge is 2.26. The Balaban J connectivity index is 1.74. The van der Waals surface area contributed by atoms with Gasteiger partial charge in [0.2, 0.25) is 5.65 Å². The molecule has 3 aromatic heterocycles. The third-order valence-electron chi connectivity index (χ3n) is 5.16. The van der Waals surface area contributed by atoms with Crippen LogP contribution in [0.2, 0.25) is 5.02 Å². The molecule has 138 valence electrons. The Bertz CT molecular complexity index is 1250. The van der Waals surface area contributed by atoms with Crippen molar-refractivity contribution in [1.29, 1.82) is 0 Å². The summed E-state index contributed by atoms with van der Waals surface area (Å²) >= 11 is 6.00. The Morgan fingerprint density at radius 1 is 1.18 bits per heavy atom. The third kappa shape index (κ3) is 2.57. The normalized spacial score (nSPS) is 14.2. The zero-order valence-electron chi connectivity index (χ0n) is 14.7. The number of benzene rings is 1. The smallest absolute Gasteiger partial charge is 0.275 e. The van der Waals surface area contributed by atoms with Gasteiger partial charge in [-0.3, -0.25) is 0 Å². The van der Waals surface area contributed by atoms with Gasteiger partial charge in [-0.15, -0.1) is 4.52 Å². The molecule has 0 bridgehead atoms. The molecule has 28 heavy (non-hydrogen) atoms. The maximum Gasteiger partial charge on any atom is 0.275 e. The number of aromatic nitrogens is 5. The first-order valence-electron chi connectivity index (χ1n) is 8.90. The van der Waals surface area contributed by atoms with Crippen molar-refractivity contribution in [3.05, 3.63) is 65.1 Å². The molecule has 1 aliphatic carbocycles. The predicted molar refractivity (Wildman–Crippen MR) is 104 cm³/mol. The lowest BCUT2D eigenvalue weighted by atomic mass is 9.92. The molecule has 6 nitrogen and oxygen atoms in total. The van der Waals surface area contributed by atoms with Gasteiger partial charge in [0.05, 0.1) is 28.9 Å². The van der Waals surface area contributed by atoms with Gasteiger partial charge in [-0.05, 0) is 43.5 Å². The van der Waals surface area contributed by atoms with Crippen molar-refractivity contribution < 1.29 is 4.39 Å². The summed E-state index contributed by atoms with van der Waals surface area (Å²) in [5.41, 5.74) is 3.52. The van der Waals surface area contributed by atoms with Crippen molar-refractivity contribution in [3.63, 3.8) is 0 Å². The molecule has 0 amide bonds. The second kappa shape index (κ2) is 6.43. The lowest BCUT2D eigenvalue weighted by Gasteiger charge is -2.28. The molecular formula is C20H14ClFN6. The number of hydrogen-bond donors (Lipinski definition) is 0. The van der Waals surface area contributed by atoms with E-state index in [0.717, 1.165) is 24.1 Å². The summed E-state index contributed by atoms with van der Waals surface area (Å²) in [6, 6.07) is 8.64. The first kappa shape index (κ1) is 16.9. The molecule has 0 unspecified atom stereocenters. The van der Waals surface area contributed by atoms with Crippen molar-refractivity contribution >= 4 is 23.1 Å². The topological polar surface area (TPSA) is 52.4 Å². The Morgan fingerprint density at radius 3 is 2.75 bits per heavy atom. The van der Waals surface area contributed by atoms with Gasteiger partial charge in [-0.1, -0.05) is 23.3 Å². The molecule has 0 radical (unpaired) electrons. The fourth-order valence-corrected chi connectivity index (χ4v) is 3.66. The Kier molecular flexibility index (Phi) is 3.88. The number of imidazole rings is 2. The van der Waals surface area contributed by atoms with Crippen LogP contribution in [0, 0.1) is 12.4 Å². The minimum atomic E-state index is -0.468. The molecular weight excluding hydrogens is 379 g/mol. The maximum absolute atomic E-state index is 13.6. The first-order valence-corrected chi connectivity index (χ1v) is 9.28. The Labute approximate surface area is 165 Å². The van der Waals surface area contributed by atoms with Crippen LogP contribution in [0.5, 0.6) is 0 Å². The summed E-state index contributed by atoms with van der Waals surface area (Å²) in [5, 5.41) is 4.70. The summed E-state index contributed by atoms with van der Waals surface area (Å²) < 4.78 is 17.3. The highest BCUT2D eigenvalue weighted by Crippen LogP contribution is 2.39. The van der Waals surface area contributed by atoms with Crippen LogP contribution in [0.15, 0.2) is 42.9 Å². The Hall–Kier alpha value is -3.24. The standard InChI is InChI=1S/C20H14ClFN6/c1-23-18-10-24-17-8-7-16(26-28(17)18)20-19(12-5-6-15(22)14(21)9-12)25-11-27(20)13-3-2-4-13/h5-11,13H,2-4H2. The largest absolute Gasteiger partial charge is 0.360 e. The van der Waals surface area contributed by atoms with Gasteiger partial charge < -0.3 is 9.41 Å².